The van der Waals surface area contributed by atoms with Crippen LogP contribution in [0.1, 0.15) is 40.5 Å². The molecule has 0 aromatic carbocycles. The van der Waals surface area contributed by atoms with Gasteiger partial charge in [0.2, 0.25) is 0 Å². The molecule has 0 aromatic rings. The molecule has 0 unspecified atom stereocenters. The van der Waals surface area contributed by atoms with Gasteiger partial charge >= 0.3 is 11.9 Å². The number of fused-ring (bicyclic) bond motifs is 3. The number of esters is 2. The maximum absolute atomic E-state index is 12.1. The highest BCUT2D eigenvalue weighted by Gasteiger charge is 2.61. The van der Waals surface area contributed by atoms with Crippen LogP contribution in [0.15, 0.2) is 23.8 Å². The van der Waals surface area contributed by atoms with E-state index in [4.69, 9.17) is 9.47 Å². The topological polar surface area (TPSA) is 72.8 Å². The first-order valence-corrected chi connectivity index (χ1v) is 8.61. The van der Waals surface area contributed by atoms with Crippen LogP contribution in [0.2, 0.25) is 0 Å². The van der Waals surface area contributed by atoms with Crippen LogP contribution >= 0.6 is 0 Å². The van der Waals surface area contributed by atoms with Crippen molar-refractivity contribution >= 4 is 11.9 Å². The van der Waals surface area contributed by atoms with E-state index < -0.39 is 29.7 Å². The monoisotopic (exact) mass is 334 g/mol. The van der Waals surface area contributed by atoms with Gasteiger partial charge in [-0.15, -0.1) is 0 Å². The molecule has 0 radical (unpaired) electrons. The Morgan fingerprint density at radius 1 is 1.50 bits per heavy atom. The van der Waals surface area contributed by atoms with Crippen LogP contribution in [0, 0.1) is 23.2 Å². The minimum absolute atomic E-state index is 0.0801. The fourth-order valence-electron chi connectivity index (χ4n) is 4.60. The van der Waals surface area contributed by atoms with Crippen molar-refractivity contribution in [1.82, 2.24) is 0 Å². The molecule has 3 aliphatic rings. The van der Waals surface area contributed by atoms with Gasteiger partial charge in [0.05, 0.1) is 17.9 Å². The lowest BCUT2D eigenvalue weighted by Gasteiger charge is -2.53. The van der Waals surface area contributed by atoms with Gasteiger partial charge in [-0.3, -0.25) is 4.79 Å². The summed E-state index contributed by atoms with van der Waals surface area (Å²) < 4.78 is 11.3. The molecule has 1 aliphatic heterocycles. The lowest BCUT2D eigenvalue weighted by atomic mass is 9.54. The Bertz CT molecular complexity index is 619. The molecule has 0 amide bonds. The molecule has 5 heteroatoms. The van der Waals surface area contributed by atoms with Crippen molar-refractivity contribution in [3.05, 3.63) is 23.8 Å². The van der Waals surface area contributed by atoms with Gasteiger partial charge < -0.3 is 14.6 Å². The number of hydrogen-bond acceptors (Lipinski definition) is 5. The van der Waals surface area contributed by atoms with Crippen molar-refractivity contribution < 1.29 is 24.2 Å². The molecule has 1 N–H and O–H groups in total. The summed E-state index contributed by atoms with van der Waals surface area (Å²) in [5.41, 5.74) is 0.998. The minimum Gasteiger partial charge on any atom is -0.461 e. The zero-order chi connectivity index (χ0) is 17.8. The van der Waals surface area contributed by atoms with Crippen molar-refractivity contribution in [1.29, 1.82) is 0 Å². The Balaban J connectivity index is 2.01. The minimum atomic E-state index is -0.556. The Kier molecular flexibility index (Phi) is 4.11. The Hall–Kier alpha value is -1.62. The van der Waals surface area contributed by atoms with Crippen molar-refractivity contribution in [2.75, 3.05) is 0 Å². The van der Waals surface area contributed by atoms with E-state index in [1.807, 2.05) is 19.9 Å². The number of carbonyl (C=O) groups is 2. The summed E-state index contributed by atoms with van der Waals surface area (Å²) in [6.07, 6.45) is 1.60. The van der Waals surface area contributed by atoms with Crippen LogP contribution in [0.4, 0.5) is 0 Å². The molecule has 1 saturated heterocycles. The molecule has 0 spiro atoms. The molecule has 2 aliphatic carbocycles. The van der Waals surface area contributed by atoms with Gasteiger partial charge in [0.1, 0.15) is 12.2 Å². The normalized spacial score (nSPS) is 41.4. The average Bonchev–Trinajstić information content (AvgIpc) is 2.78. The van der Waals surface area contributed by atoms with Gasteiger partial charge in [-0.2, -0.15) is 0 Å². The molecule has 0 bridgehead atoms. The molecule has 132 valence electrons. The first kappa shape index (κ1) is 17.2. The summed E-state index contributed by atoms with van der Waals surface area (Å²) in [5, 5.41) is 10.6. The maximum Gasteiger partial charge on any atom is 0.334 e. The van der Waals surface area contributed by atoms with E-state index in [-0.39, 0.29) is 23.7 Å². The Morgan fingerprint density at radius 2 is 2.17 bits per heavy atom. The highest BCUT2D eigenvalue weighted by atomic mass is 16.6. The highest BCUT2D eigenvalue weighted by molar-refractivity contribution is 5.91. The number of aliphatic hydroxyl groups is 1. The van der Waals surface area contributed by atoms with Crippen LogP contribution in [-0.2, 0) is 19.1 Å². The van der Waals surface area contributed by atoms with Crippen LogP contribution in [-0.4, -0.2) is 35.4 Å². The smallest absolute Gasteiger partial charge is 0.334 e. The van der Waals surface area contributed by atoms with Crippen LogP contribution < -0.4 is 0 Å². The number of ether oxygens (including phenoxy) is 2. The van der Waals surface area contributed by atoms with E-state index in [0.29, 0.717) is 18.4 Å². The number of rotatable bonds is 2. The second-order valence-corrected chi connectivity index (χ2v) is 7.94. The van der Waals surface area contributed by atoms with Crippen molar-refractivity contribution in [3.8, 4) is 0 Å². The SMILES string of the molecule is C=C1C(=O)O[C@H]2[C@H]1[C@@H](OC(=O)C(C)C)C[C@]1(C)[C@@H]2C(C)=CC[C@@H]1O. The van der Waals surface area contributed by atoms with Gasteiger partial charge in [-0.1, -0.05) is 39.0 Å². The van der Waals surface area contributed by atoms with E-state index in [1.54, 1.807) is 13.8 Å². The standard InChI is InChI=1S/C19H26O5/c1-9(2)17(21)23-12-8-19(5)13(20)7-6-10(3)15(19)16-14(12)11(4)18(22)24-16/h6,9,12-16,20H,4,7-8H2,1-3,5H3/t12-,13-,14+,15+,16-,19-/m0/s1. The van der Waals surface area contributed by atoms with Crippen molar-refractivity contribution in [2.24, 2.45) is 23.2 Å². The van der Waals surface area contributed by atoms with Crippen LogP contribution in [0.5, 0.6) is 0 Å². The van der Waals surface area contributed by atoms with E-state index >= 15 is 0 Å². The van der Waals surface area contributed by atoms with Crippen LogP contribution in [0.25, 0.3) is 0 Å². The van der Waals surface area contributed by atoms with E-state index in [9.17, 15) is 14.7 Å². The second kappa shape index (κ2) is 5.73. The summed E-state index contributed by atoms with van der Waals surface area (Å²) in [4.78, 5) is 24.3. The first-order valence-electron chi connectivity index (χ1n) is 8.61. The summed E-state index contributed by atoms with van der Waals surface area (Å²) >= 11 is 0. The first-order chi connectivity index (χ1) is 11.2. The maximum atomic E-state index is 12.1. The van der Waals surface area contributed by atoms with Gasteiger partial charge in [0.25, 0.3) is 0 Å². The molecule has 6 atom stereocenters. The molecule has 1 heterocycles. The molecule has 5 nitrogen and oxygen atoms in total. The van der Waals surface area contributed by atoms with E-state index in [2.05, 4.69) is 6.58 Å². The molecular formula is C19H26O5. The summed E-state index contributed by atoms with van der Waals surface area (Å²) in [6, 6.07) is 0. The molecule has 3 rings (SSSR count). The number of carbonyl (C=O) groups excluding carboxylic acids is 2. The van der Waals surface area contributed by atoms with Crippen LogP contribution in [0.3, 0.4) is 0 Å². The fraction of sp³-hybridized carbons (Fsp3) is 0.684. The molecule has 1 saturated carbocycles. The lowest BCUT2D eigenvalue weighted by molar-refractivity contribution is -0.178. The lowest BCUT2D eigenvalue weighted by Crippen LogP contribution is -2.57. The van der Waals surface area contributed by atoms with E-state index in [1.165, 1.54) is 0 Å². The van der Waals surface area contributed by atoms with Gasteiger partial charge in [-0.05, 0) is 19.8 Å². The third kappa shape index (κ3) is 2.41. The summed E-state index contributed by atoms with van der Waals surface area (Å²) in [6.45, 7) is 11.5. The Labute approximate surface area is 142 Å². The quantitative estimate of drug-likeness (QED) is 0.477. The molecule has 2 fully saturated rings. The third-order valence-corrected chi connectivity index (χ3v) is 6.00. The number of hydrogen-bond donors (Lipinski definition) is 1. The molecule has 0 aromatic heterocycles. The molecular weight excluding hydrogens is 308 g/mol. The van der Waals surface area contributed by atoms with Crippen molar-refractivity contribution in [2.45, 2.75) is 58.8 Å². The zero-order valence-electron chi connectivity index (χ0n) is 14.7. The summed E-state index contributed by atoms with van der Waals surface area (Å²) in [7, 11) is 0. The molecule has 24 heavy (non-hydrogen) atoms. The average molecular weight is 334 g/mol. The fourth-order valence-corrected chi connectivity index (χ4v) is 4.60. The van der Waals surface area contributed by atoms with Crippen molar-refractivity contribution in [3.63, 3.8) is 0 Å². The largest absolute Gasteiger partial charge is 0.461 e. The number of aliphatic hydroxyl groups excluding tert-OH is 1. The second-order valence-electron chi connectivity index (χ2n) is 7.94. The Morgan fingerprint density at radius 3 is 2.79 bits per heavy atom. The summed E-state index contributed by atoms with van der Waals surface area (Å²) in [5.74, 6) is -1.40. The predicted molar refractivity (Wildman–Crippen MR) is 87.8 cm³/mol. The highest BCUT2D eigenvalue weighted by Crippen LogP contribution is 2.56. The third-order valence-electron chi connectivity index (χ3n) is 6.00. The van der Waals surface area contributed by atoms with E-state index in [0.717, 1.165) is 5.57 Å². The predicted octanol–water partition coefficient (Wildman–Crippen LogP) is 2.39. The van der Waals surface area contributed by atoms with Gasteiger partial charge in [0, 0.05) is 16.9 Å². The van der Waals surface area contributed by atoms with Gasteiger partial charge in [-0.25, -0.2) is 4.79 Å². The van der Waals surface area contributed by atoms with Gasteiger partial charge in [0.15, 0.2) is 0 Å². The zero-order valence-corrected chi connectivity index (χ0v) is 14.7.